The Morgan fingerprint density at radius 2 is 2.00 bits per heavy atom. The molecule has 4 atom stereocenters. The molecule has 0 aliphatic heterocycles. The van der Waals surface area contributed by atoms with Crippen molar-refractivity contribution in [2.24, 2.45) is 23.7 Å². The molecular weight excluding hydrogens is 170 g/mol. The summed E-state index contributed by atoms with van der Waals surface area (Å²) in [6, 6.07) is 0. The fourth-order valence-corrected chi connectivity index (χ4v) is 2.93. The molecule has 0 radical (unpaired) electrons. The van der Waals surface area contributed by atoms with Crippen LogP contribution in [0.25, 0.3) is 0 Å². The Labute approximate surface area is 89.7 Å². The van der Waals surface area contributed by atoms with Crippen molar-refractivity contribution in [1.29, 1.82) is 0 Å². The van der Waals surface area contributed by atoms with Gasteiger partial charge in [-0.3, -0.25) is 0 Å². The molecule has 1 aliphatic rings. The minimum atomic E-state index is 0.829. The molecule has 1 aliphatic carbocycles. The largest absolute Gasteiger partial charge is 0.319 e. The van der Waals surface area contributed by atoms with Gasteiger partial charge in [-0.2, -0.15) is 0 Å². The summed E-state index contributed by atoms with van der Waals surface area (Å²) < 4.78 is 0. The lowest BCUT2D eigenvalue weighted by Gasteiger charge is -2.34. The van der Waals surface area contributed by atoms with Crippen molar-refractivity contribution in [3.63, 3.8) is 0 Å². The van der Waals surface area contributed by atoms with E-state index in [2.05, 4.69) is 33.1 Å². The second-order valence-corrected chi connectivity index (χ2v) is 5.43. The van der Waals surface area contributed by atoms with Gasteiger partial charge >= 0.3 is 0 Å². The smallest absolute Gasteiger partial charge is 0.00235 e. The van der Waals surface area contributed by atoms with E-state index in [0.29, 0.717) is 0 Å². The van der Waals surface area contributed by atoms with Crippen LogP contribution in [0.5, 0.6) is 0 Å². The highest BCUT2D eigenvalue weighted by molar-refractivity contribution is 4.78. The van der Waals surface area contributed by atoms with E-state index in [1.807, 2.05) is 0 Å². The zero-order valence-corrected chi connectivity index (χ0v) is 10.3. The Morgan fingerprint density at radius 3 is 2.57 bits per heavy atom. The van der Waals surface area contributed by atoms with Crippen LogP contribution in [-0.4, -0.2) is 13.6 Å². The molecule has 0 heterocycles. The maximum atomic E-state index is 3.30. The lowest BCUT2D eigenvalue weighted by Crippen LogP contribution is -2.29. The van der Waals surface area contributed by atoms with Crippen molar-refractivity contribution in [2.45, 2.75) is 46.5 Å². The highest BCUT2D eigenvalue weighted by Crippen LogP contribution is 2.36. The minimum absolute atomic E-state index is 0.829. The van der Waals surface area contributed by atoms with Crippen molar-refractivity contribution < 1.29 is 0 Å². The standard InChI is InChI=1S/C13H27N/c1-10-6-5-7-13(8-10)12(3)11(2)9-14-4/h10-14H,5-9H2,1-4H3. The summed E-state index contributed by atoms with van der Waals surface area (Å²) in [6.45, 7) is 8.43. The summed E-state index contributed by atoms with van der Waals surface area (Å²) in [5.41, 5.74) is 0. The van der Waals surface area contributed by atoms with Gasteiger partial charge < -0.3 is 5.32 Å². The minimum Gasteiger partial charge on any atom is -0.319 e. The van der Waals surface area contributed by atoms with Gasteiger partial charge in [-0.05, 0) is 43.7 Å². The van der Waals surface area contributed by atoms with E-state index in [-0.39, 0.29) is 0 Å². The highest BCUT2D eigenvalue weighted by Gasteiger charge is 2.26. The van der Waals surface area contributed by atoms with Crippen molar-refractivity contribution in [2.75, 3.05) is 13.6 Å². The molecule has 1 fully saturated rings. The number of nitrogens with one attached hydrogen (secondary N) is 1. The third-order valence-electron chi connectivity index (χ3n) is 4.14. The molecule has 1 rings (SSSR count). The van der Waals surface area contributed by atoms with Gasteiger partial charge in [0.05, 0.1) is 0 Å². The van der Waals surface area contributed by atoms with Crippen LogP contribution in [0.15, 0.2) is 0 Å². The Hall–Kier alpha value is -0.0400. The molecule has 1 saturated carbocycles. The number of hydrogen-bond acceptors (Lipinski definition) is 1. The van der Waals surface area contributed by atoms with Gasteiger partial charge in [0.1, 0.15) is 0 Å². The fraction of sp³-hybridized carbons (Fsp3) is 1.00. The predicted octanol–water partition coefficient (Wildman–Crippen LogP) is 3.30. The second kappa shape index (κ2) is 5.75. The Bertz CT molecular complexity index is 155. The van der Waals surface area contributed by atoms with E-state index >= 15 is 0 Å². The summed E-state index contributed by atoms with van der Waals surface area (Å²) in [5, 5.41) is 3.30. The van der Waals surface area contributed by atoms with Gasteiger partial charge in [0.25, 0.3) is 0 Å². The van der Waals surface area contributed by atoms with Gasteiger partial charge in [0.15, 0.2) is 0 Å². The van der Waals surface area contributed by atoms with E-state index in [4.69, 9.17) is 0 Å². The van der Waals surface area contributed by atoms with Crippen molar-refractivity contribution in [1.82, 2.24) is 5.32 Å². The molecular formula is C13H27N. The van der Waals surface area contributed by atoms with Crippen LogP contribution in [0.4, 0.5) is 0 Å². The molecule has 14 heavy (non-hydrogen) atoms. The van der Waals surface area contributed by atoms with Gasteiger partial charge in [0.2, 0.25) is 0 Å². The van der Waals surface area contributed by atoms with Crippen molar-refractivity contribution >= 4 is 0 Å². The average Bonchev–Trinajstić information content (AvgIpc) is 2.17. The average molecular weight is 197 g/mol. The molecule has 0 spiro atoms. The van der Waals surface area contributed by atoms with E-state index in [1.165, 1.54) is 32.2 Å². The quantitative estimate of drug-likeness (QED) is 0.729. The maximum absolute atomic E-state index is 3.30. The van der Waals surface area contributed by atoms with Crippen LogP contribution in [-0.2, 0) is 0 Å². The molecule has 0 aromatic carbocycles. The third-order valence-corrected chi connectivity index (χ3v) is 4.14. The van der Waals surface area contributed by atoms with E-state index < -0.39 is 0 Å². The van der Waals surface area contributed by atoms with E-state index in [0.717, 1.165) is 23.7 Å². The molecule has 84 valence electrons. The molecule has 0 aromatic heterocycles. The Kier molecular flexibility index (Phi) is 4.94. The van der Waals surface area contributed by atoms with Crippen LogP contribution >= 0.6 is 0 Å². The van der Waals surface area contributed by atoms with Gasteiger partial charge in [0, 0.05) is 0 Å². The van der Waals surface area contributed by atoms with Crippen molar-refractivity contribution in [3.8, 4) is 0 Å². The number of rotatable bonds is 4. The van der Waals surface area contributed by atoms with Crippen LogP contribution < -0.4 is 5.32 Å². The Morgan fingerprint density at radius 1 is 1.29 bits per heavy atom. The molecule has 1 N–H and O–H groups in total. The first-order valence-corrected chi connectivity index (χ1v) is 6.29. The molecule has 1 heteroatoms. The topological polar surface area (TPSA) is 12.0 Å². The molecule has 1 nitrogen and oxygen atoms in total. The van der Waals surface area contributed by atoms with E-state index in [1.54, 1.807) is 0 Å². The summed E-state index contributed by atoms with van der Waals surface area (Å²) in [7, 11) is 2.06. The van der Waals surface area contributed by atoms with Crippen LogP contribution in [0, 0.1) is 23.7 Å². The van der Waals surface area contributed by atoms with Crippen molar-refractivity contribution in [3.05, 3.63) is 0 Å². The SMILES string of the molecule is CNCC(C)C(C)C1CCCC(C)C1. The first-order chi connectivity index (χ1) is 6.65. The molecule has 4 unspecified atom stereocenters. The molecule has 0 aromatic rings. The summed E-state index contributed by atoms with van der Waals surface area (Å²) in [6.07, 6.45) is 5.86. The normalized spacial score (nSPS) is 32.6. The maximum Gasteiger partial charge on any atom is -0.00235 e. The van der Waals surface area contributed by atoms with Gasteiger partial charge in [-0.15, -0.1) is 0 Å². The lowest BCUT2D eigenvalue weighted by molar-refractivity contribution is 0.171. The Balaban J connectivity index is 2.38. The van der Waals surface area contributed by atoms with Crippen LogP contribution in [0.2, 0.25) is 0 Å². The van der Waals surface area contributed by atoms with Crippen LogP contribution in [0.1, 0.15) is 46.5 Å². The fourth-order valence-electron chi connectivity index (χ4n) is 2.93. The lowest BCUT2D eigenvalue weighted by atomic mass is 9.72. The van der Waals surface area contributed by atoms with Gasteiger partial charge in [-0.1, -0.05) is 40.0 Å². The number of hydrogen-bond donors (Lipinski definition) is 1. The summed E-state index contributed by atoms with van der Waals surface area (Å²) in [4.78, 5) is 0. The highest BCUT2D eigenvalue weighted by atomic mass is 14.8. The summed E-state index contributed by atoms with van der Waals surface area (Å²) in [5.74, 6) is 3.68. The van der Waals surface area contributed by atoms with E-state index in [9.17, 15) is 0 Å². The molecule has 0 bridgehead atoms. The second-order valence-electron chi connectivity index (χ2n) is 5.43. The zero-order valence-electron chi connectivity index (χ0n) is 10.3. The first kappa shape index (κ1) is 12.0. The summed E-state index contributed by atoms with van der Waals surface area (Å²) >= 11 is 0. The predicted molar refractivity (Wildman–Crippen MR) is 63.4 cm³/mol. The zero-order chi connectivity index (χ0) is 10.6. The van der Waals surface area contributed by atoms with Gasteiger partial charge in [-0.25, -0.2) is 0 Å². The first-order valence-electron chi connectivity index (χ1n) is 6.29. The molecule has 0 saturated heterocycles. The monoisotopic (exact) mass is 197 g/mol. The molecule has 0 amide bonds. The third kappa shape index (κ3) is 3.27. The van der Waals surface area contributed by atoms with Crippen LogP contribution in [0.3, 0.4) is 0 Å².